The Hall–Kier alpha value is -2.33. The molecule has 1 aliphatic rings. The summed E-state index contributed by atoms with van der Waals surface area (Å²) >= 11 is 3.58. The highest BCUT2D eigenvalue weighted by molar-refractivity contribution is 9.15. The van der Waals surface area contributed by atoms with Gasteiger partial charge in [-0.25, -0.2) is 0 Å². The van der Waals surface area contributed by atoms with E-state index in [9.17, 15) is 4.79 Å². The van der Waals surface area contributed by atoms with Crippen LogP contribution in [-0.4, -0.2) is 12.6 Å². The van der Waals surface area contributed by atoms with E-state index in [1.807, 2.05) is 43.3 Å². The van der Waals surface area contributed by atoms with Gasteiger partial charge in [-0.2, -0.15) is 0 Å². The highest BCUT2D eigenvalue weighted by atomic mass is 79.9. The van der Waals surface area contributed by atoms with Crippen LogP contribution < -0.4 is 9.47 Å². The van der Waals surface area contributed by atoms with Crippen molar-refractivity contribution >= 4 is 26.2 Å². The molecule has 0 amide bonds. The predicted octanol–water partition coefficient (Wildman–Crippen LogP) is 4.98. The first-order valence-corrected chi connectivity index (χ1v) is 7.98. The monoisotopic (exact) mass is 370 g/mol. The van der Waals surface area contributed by atoms with E-state index >= 15 is 0 Å². The van der Waals surface area contributed by atoms with Crippen LogP contribution in [0.25, 0.3) is 4.48 Å². The van der Waals surface area contributed by atoms with Crippen molar-refractivity contribution in [1.29, 1.82) is 0 Å². The molecule has 0 fully saturated rings. The number of rotatable bonds is 4. The summed E-state index contributed by atoms with van der Waals surface area (Å²) in [4.78, 5) is 12.3. The third-order valence-electron chi connectivity index (χ3n) is 3.52. The second kappa shape index (κ2) is 6.84. The fourth-order valence-corrected chi connectivity index (χ4v) is 2.63. The number of hydrogen-bond acceptors (Lipinski definition) is 3. The van der Waals surface area contributed by atoms with E-state index in [-0.39, 0.29) is 12.6 Å². The molecule has 0 saturated carbocycles. The molecule has 0 atom stereocenters. The lowest BCUT2D eigenvalue weighted by molar-refractivity contribution is 0.104. The van der Waals surface area contributed by atoms with Crippen LogP contribution in [0.4, 0.5) is 0 Å². The van der Waals surface area contributed by atoms with E-state index in [0.29, 0.717) is 17.1 Å². The molecule has 4 heteroatoms. The number of allylic oxidation sites excluding steroid dienone is 3. The number of carbonyl (C=O) groups is 1. The molecule has 0 N–H and O–H groups in total. The number of ether oxygens (including phenoxy) is 2. The van der Waals surface area contributed by atoms with Crippen molar-refractivity contribution in [2.45, 2.75) is 6.92 Å². The fraction of sp³-hybridized carbons (Fsp3) is 0.105. The van der Waals surface area contributed by atoms with Gasteiger partial charge in [0.05, 0.1) is 0 Å². The third kappa shape index (κ3) is 3.54. The van der Waals surface area contributed by atoms with Crippen LogP contribution in [0.3, 0.4) is 0 Å². The first-order chi connectivity index (χ1) is 11.1. The van der Waals surface area contributed by atoms with Crippen LogP contribution in [0.5, 0.6) is 11.5 Å². The van der Waals surface area contributed by atoms with Crippen LogP contribution in [-0.2, 0) is 0 Å². The van der Waals surface area contributed by atoms with Gasteiger partial charge in [0.25, 0.3) is 0 Å². The lowest BCUT2D eigenvalue weighted by Crippen LogP contribution is -1.94. The van der Waals surface area contributed by atoms with E-state index in [2.05, 4.69) is 15.9 Å². The summed E-state index contributed by atoms with van der Waals surface area (Å²) < 4.78 is 11.5. The molecule has 0 saturated heterocycles. The first kappa shape index (κ1) is 15.6. The standard InChI is InChI=1S/C19H15BrO3/c1-13(19(20)14-5-3-2-4-6-14)7-9-16(21)15-8-10-17-18(11-15)23-12-22-17/h2-11H,12H2,1H3. The maximum Gasteiger partial charge on any atom is 0.231 e. The van der Waals surface area contributed by atoms with E-state index in [1.165, 1.54) is 0 Å². The normalized spacial score (nSPS) is 14.0. The van der Waals surface area contributed by atoms with Crippen LogP contribution in [0.15, 0.2) is 66.3 Å². The second-order valence-corrected chi connectivity index (χ2v) is 5.92. The molecule has 3 nitrogen and oxygen atoms in total. The van der Waals surface area contributed by atoms with Crippen molar-refractivity contribution < 1.29 is 14.3 Å². The van der Waals surface area contributed by atoms with Gasteiger partial charge in [0.2, 0.25) is 6.79 Å². The Morgan fingerprint density at radius 3 is 2.52 bits per heavy atom. The molecule has 0 aromatic heterocycles. The van der Waals surface area contributed by atoms with Crippen LogP contribution in [0, 0.1) is 0 Å². The molecule has 1 aliphatic heterocycles. The predicted molar refractivity (Wildman–Crippen MR) is 94.0 cm³/mol. The molecule has 0 unspecified atom stereocenters. The quantitative estimate of drug-likeness (QED) is 0.432. The van der Waals surface area contributed by atoms with Gasteiger partial charge in [-0.1, -0.05) is 36.4 Å². The molecule has 23 heavy (non-hydrogen) atoms. The first-order valence-electron chi connectivity index (χ1n) is 7.19. The van der Waals surface area contributed by atoms with Crippen LogP contribution in [0.1, 0.15) is 22.8 Å². The number of carbonyl (C=O) groups excluding carboxylic acids is 1. The summed E-state index contributed by atoms with van der Waals surface area (Å²) in [6.45, 7) is 2.16. The average Bonchev–Trinajstić information content (AvgIpc) is 3.07. The Kier molecular flexibility index (Phi) is 4.63. The Labute approximate surface area is 143 Å². The lowest BCUT2D eigenvalue weighted by Gasteiger charge is -2.02. The molecular formula is C19H15BrO3. The van der Waals surface area contributed by atoms with Gasteiger partial charge in [0, 0.05) is 10.0 Å². The minimum atomic E-state index is -0.0731. The zero-order valence-corrected chi connectivity index (χ0v) is 14.2. The zero-order valence-electron chi connectivity index (χ0n) is 12.6. The molecular weight excluding hydrogens is 356 g/mol. The van der Waals surface area contributed by atoms with Gasteiger partial charge >= 0.3 is 0 Å². The molecule has 1 heterocycles. The lowest BCUT2D eigenvalue weighted by atomic mass is 10.1. The van der Waals surface area contributed by atoms with Crippen molar-refractivity contribution in [3.05, 3.63) is 77.4 Å². The van der Waals surface area contributed by atoms with Gasteiger partial charge in [-0.05, 0) is 58.3 Å². The summed E-state index contributed by atoms with van der Waals surface area (Å²) in [6, 6.07) is 15.2. The van der Waals surface area contributed by atoms with E-state index in [1.54, 1.807) is 24.3 Å². The minimum absolute atomic E-state index is 0.0731. The molecule has 0 radical (unpaired) electrons. The summed E-state index contributed by atoms with van der Waals surface area (Å²) in [5, 5.41) is 0. The van der Waals surface area contributed by atoms with Gasteiger partial charge in [-0.15, -0.1) is 0 Å². The second-order valence-electron chi connectivity index (χ2n) is 5.13. The minimum Gasteiger partial charge on any atom is -0.454 e. The van der Waals surface area contributed by atoms with Crippen LogP contribution >= 0.6 is 15.9 Å². The molecule has 116 valence electrons. The molecule has 0 bridgehead atoms. The molecule has 2 aromatic carbocycles. The maximum absolute atomic E-state index is 12.3. The third-order valence-corrected chi connectivity index (χ3v) is 4.60. The number of hydrogen-bond donors (Lipinski definition) is 0. The SMILES string of the molecule is CC(C=CC(=O)c1ccc2c(c1)OCO2)=C(Br)c1ccccc1. The molecule has 2 aromatic rings. The number of fused-ring (bicyclic) bond motifs is 1. The van der Waals surface area contributed by atoms with Gasteiger partial charge in [0.15, 0.2) is 17.3 Å². The summed E-state index contributed by atoms with van der Waals surface area (Å²) in [5.74, 6) is 1.21. The summed E-state index contributed by atoms with van der Waals surface area (Å²) in [6.07, 6.45) is 3.38. The Morgan fingerprint density at radius 1 is 1.00 bits per heavy atom. The van der Waals surface area contributed by atoms with Gasteiger partial charge in [-0.3, -0.25) is 4.79 Å². The summed E-state index contributed by atoms with van der Waals surface area (Å²) in [7, 11) is 0. The van der Waals surface area contributed by atoms with Crippen molar-refractivity contribution in [3.8, 4) is 11.5 Å². The van der Waals surface area contributed by atoms with Gasteiger partial charge < -0.3 is 9.47 Å². The Balaban J connectivity index is 1.78. The molecule has 3 rings (SSSR count). The van der Waals surface area contributed by atoms with E-state index in [4.69, 9.17) is 9.47 Å². The zero-order chi connectivity index (χ0) is 16.2. The van der Waals surface area contributed by atoms with Crippen LogP contribution in [0.2, 0.25) is 0 Å². The van der Waals surface area contributed by atoms with Crippen molar-refractivity contribution in [2.24, 2.45) is 0 Å². The number of benzene rings is 2. The van der Waals surface area contributed by atoms with Crippen molar-refractivity contribution in [3.63, 3.8) is 0 Å². The van der Waals surface area contributed by atoms with Crippen molar-refractivity contribution in [1.82, 2.24) is 0 Å². The van der Waals surface area contributed by atoms with E-state index < -0.39 is 0 Å². The Bertz CT molecular complexity index is 792. The topological polar surface area (TPSA) is 35.5 Å². The summed E-state index contributed by atoms with van der Waals surface area (Å²) in [5.41, 5.74) is 2.63. The average molecular weight is 371 g/mol. The Morgan fingerprint density at radius 2 is 1.74 bits per heavy atom. The molecule has 0 spiro atoms. The van der Waals surface area contributed by atoms with Crippen molar-refractivity contribution in [2.75, 3.05) is 6.79 Å². The van der Waals surface area contributed by atoms with E-state index in [0.717, 1.165) is 15.6 Å². The number of ketones is 1. The smallest absolute Gasteiger partial charge is 0.231 e. The highest BCUT2D eigenvalue weighted by Gasteiger charge is 2.15. The largest absolute Gasteiger partial charge is 0.454 e. The molecule has 0 aliphatic carbocycles. The van der Waals surface area contributed by atoms with Gasteiger partial charge in [0.1, 0.15) is 0 Å². The maximum atomic E-state index is 12.3. The number of halogens is 1. The fourth-order valence-electron chi connectivity index (χ4n) is 2.23. The highest BCUT2D eigenvalue weighted by Crippen LogP contribution is 2.32.